The van der Waals surface area contributed by atoms with Crippen LogP contribution in [0.4, 0.5) is 5.69 Å². The zero-order chi connectivity index (χ0) is 17.4. The van der Waals surface area contributed by atoms with E-state index >= 15 is 0 Å². The van der Waals surface area contributed by atoms with Gasteiger partial charge in [0.25, 0.3) is 0 Å². The highest BCUT2D eigenvalue weighted by atomic mass is 16.5. The van der Waals surface area contributed by atoms with Gasteiger partial charge in [-0.25, -0.2) is 4.79 Å². The molecular weight excluding hydrogens is 308 g/mol. The molecular formula is C18H20N2O4. The predicted octanol–water partition coefficient (Wildman–Crippen LogP) is 2.21. The van der Waals surface area contributed by atoms with E-state index in [4.69, 9.17) is 9.47 Å². The largest absolute Gasteiger partial charge is 0.496 e. The van der Waals surface area contributed by atoms with Crippen LogP contribution in [-0.2, 0) is 16.1 Å². The van der Waals surface area contributed by atoms with Crippen LogP contribution in [0.1, 0.15) is 15.9 Å². The maximum atomic E-state index is 12.0. The van der Waals surface area contributed by atoms with Gasteiger partial charge in [-0.05, 0) is 18.2 Å². The molecule has 0 aliphatic carbocycles. The Labute approximate surface area is 140 Å². The molecule has 0 spiro atoms. The van der Waals surface area contributed by atoms with Crippen molar-refractivity contribution in [3.8, 4) is 5.75 Å². The van der Waals surface area contributed by atoms with Crippen molar-refractivity contribution in [2.75, 3.05) is 26.1 Å². The fourth-order valence-electron chi connectivity index (χ4n) is 2.21. The Morgan fingerprint density at radius 3 is 2.46 bits per heavy atom. The summed E-state index contributed by atoms with van der Waals surface area (Å²) in [5.41, 5.74) is 1.83. The van der Waals surface area contributed by atoms with Crippen molar-refractivity contribution in [1.29, 1.82) is 0 Å². The Morgan fingerprint density at radius 1 is 1.00 bits per heavy atom. The fraction of sp³-hybridized carbons (Fsp3) is 0.222. The van der Waals surface area contributed by atoms with Gasteiger partial charge in [0.2, 0.25) is 5.91 Å². The molecule has 126 valence electrons. The van der Waals surface area contributed by atoms with E-state index in [0.29, 0.717) is 17.8 Å². The highest BCUT2D eigenvalue weighted by molar-refractivity contribution is 5.96. The maximum absolute atomic E-state index is 12.0. The van der Waals surface area contributed by atoms with Gasteiger partial charge in [-0.1, -0.05) is 30.3 Å². The summed E-state index contributed by atoms with van der Waals surface area (Å²) in [6.07, 6.45) is 0. The zero-order valence-corrected chi connectivity index (χ0v) is 13.7. The number of hydrogen-bond donors (Lipinski definition) is 2. The molecule has 0 aromatic heterocycles. The second-order valence-corrected chi connectivity index (χ2v) is 4.98. The van der Waals surface area contributed by atoms with Crippen LogP contribution >= 0.6 is 0 Å². The van der Waals surface area contributed by atoms with Crippen LogP contribution in [-0.4, -0.2) is 32.6 Å². The lowest BCUT2D eigenvalue weighted by atomic mass is 10.2. The third-order valence-electron chi connectivity index (χ3n) is 3.44. The van der Waals surface area contributed by atoms with Crippen LogP contribution in [0, 0.1) is 0 Å². The Morgan fingerprint density at radius 2 is 1.71 bits per heavy atom. The van der Waals surface area contributed by atoms with Crippen molar-refractivity contribution in [1.82, 2.24) is 5.32 Å². The van der Waals surface area contributed by atoms with E-state index in [1.807, 2.05) is 24.3 Å². The molecule has 0 radical (unpaired) electrons. The monoisotopic (exact) mass is 328 g/mol. The molecule has 6 heteroatoms. The van der Waals surface area contributed by atoms with Gasteiger partial charge < -0.3 is 20.1 Å². The number of amides is 1. The highest BCUT2D eigenvalue weighted by Gasteiger charge is 2.12. The lowest BCUT2D eigenvalue weighted by molar-refractivity contribution is -0.119. The lowest BCUT2D eigenvalue weighted by Gasteiger charge is -2.12. The van der Waals surface area contributed by atoms with Crippen LogP contribution in [0.5, 0.6) is 5.75 Å². The van der Waals surface area contributed by atoms with Crippen LogP contribution in [0.3, 0.4) is 0 Å². The number of methoxy groups -OCH3 is 2. The summed E-state index contributed by atoms with van der Waals surface area (Å²) in [6, 6.07) is 14.4. The fourth-order valence-corrected chi connectivity index (χ4v) is 2.21. The standard InChI is InChI=1S/C18H20N2O4/c1-23-16-10-6-3-7-13(16)11-20-17(21)12-19-15-9-5-4-8-14(15)18(22)24-2/h3-10,19H,11-12H2,1-2H3,(H,20,21). The van der Waals surface area contributed by atoms with Crippen molar-refractivity contribution >= 4 is 17.6 Å². The van der Waals surface area contributed by atoms with Crippen LogP contribution < -0.4 is 15.4 Å². The molecule has 1 amide bonds. The summed E-state index contributed by atoms with van der Waals surface area (Å²) in [5, 5.41) is 5.76. The Balaban J connectivity index is 1.91. The number of nitrogens with one attached hydrogen (secondary N) is 2. The van der Waals surface area contributed by atoms with E-state index in [-0.39, 0.29) is 12.5 Å². The number of rotatable bonds is 7. The number of esters is 1. The number of carbonyl (C=O) groups is 2. The lowest BCUT2D eigenvalue weighted by Crippen LogP contribution is -2.29. The van der Waals surface area contributed by atoms with Gasteiger partial charge >= 0.3 is 5.97 Å². The second kappa shape index (κ2) is 8.57. The van der Waals surface area contributed by atoms with Gasteiger partial charge in [-0.15, -0.1) is 0 Å². The first-order chi connectivity index (χ1) is 11.7. The smallest absolute Gasteiger partial charge is 0.339 e. The number of benzene rings is 2. The molecule has 2 rings (SSSR count). The van der Waals surface area contributed by atoms with Gasteiger partial charge in [0.05, 0.1) is 26.3 Å². The number of ether oxygens (including phenoxy) is 2. The molecule has 24 heavy (non-hydrogen) atoms. The van der Waals surface area contributed by atoms with Gasteiger partial charge in [0.15, 0.2) is 0 Å². The minimum atomic E-state index is -0.451. The minimum absolute atomic E-state index is 0.0448. The molecule has 2 aromatic carbocycles. The average molecular weight is 328 g/mol. The number of carbonyl (C=O) groups excluding carboxylic acids is 2. The Hall–Kier alpha value is -3.02. The molecule has 0 bridgehead atoms. The molecule has 0 atom stereocenters. The van der Waals surface area contributed by atoms with Crippen molar-refractivity contribution in [3.63, 3.8) is 0 Å². The SMILES string of the molecule is COC(=O)c1ccccc1NCC(=O)NCc1ccccc1OC. The Bertz CT molecular complexity index is 716. The van der Waals surface area contributed by atoms with E-state index < -0.39 is 5.97 Å². The molecule has 0 unspecified atom stereocenters. The molecule has 0 saturated heterocycles. The van der Waals surface area contributed by atoms with Crippen molar-refractivity contribution in [3.05, 3.63) is 59.7 Å². The van der Waals surface area contributed by atoms with Gasteiger partial charge in [0.1, 0.15) is 5.75 Å². The predicted molar refractivity (Wildman–Crippen MR) is 91.1 cm³/mol. The molecule has 2 N–H and O–H groups in total. The third-order valence-corrected chi connectivity index (χ3v) is 3.44. The molecule has 2 aromatic rings. The van der Waals surface area contributed by atoms with Crippen LogP contribution in [0.15, 0.2) is 48.5 Å². The quantitative estimate of drug-likeness (QED) is 0.762. The van der Waals surface area contributed by atoms with Crippen LogP contribution in [0.2, 0.25) is 0 Å². The summed E-state index contributed by atoms with van der Waals surface area (Å²) in [7, 11) is 2.91. The summed E-state index contributed by atoms with van der Waals surface area (Å²) >= 11 is 0. The Kier molecular flexibility index (Phi) is 6.19. The van der Waals surface area contributed by atoms with Crippen LogP contribution in [0.25, 0.3) is 0 Å². The first-order valence-corrected chi connectivity index (χ1v) is 7.45. The van der Waals surface area contributed by atoms with Crippen molar-refractivity contribution < 1.29 is 19.1 Å². The second-order valence-electron chi connectivity index (χ2n) is 4.98. The van der Waals surface area contributed by atoms with Crippen molar-refractivity contribution in [2.24, 2.45) is 0 Å². The molecule has 0 saturated carbocycles. The summed E-state index contributed by atoms with van der Waals surface area (Å²) in [4.78, 5) is 23.7. The molecule has 0 heterocycles. The van der Waals surface area contributed by atoms with Gasteiger partial charge in [-0.2, -0.15) is 0 Å². The number of hydrogen-bond acceptors (Lipinski definition) is 5. The maximum Gasteiger partial charge on any atom is 0.339 e. The number of para-hydroxylation sites is 2. The topological polar surface area (TPSA) is 76.7 Å². The van der Waals surface area contributed by atoms with Gasteiger partial charge in [0, 0.05) is 17.8 Å². The third kappa shape index (κ3) is 4.49. The average Bonchev–Trinajstić information content (AvgIpc) is 2.64. The summed E-state index contributed by atoms with van der Waals surface area (Å²) in [6.45, 7) is 0.409. The summed E-state index contributed by atoms with van der Waals surface area (Å²) < 4.78 is 9.96. The van der Waals surface area contributed by atoms with Crippen molar-refractivity contribution in [2.45, 2.75) is 6.54 Å². The van der Waals surface area contributed by atoms with E-state index in [9.17, 15) is 9.59 Å². The van der Waals surface area contributed by atoms with E-state index in [1.165, 1.54) is 7.11 Å². The van der Waals surface area contributed by atoms with E-state index in [1.54, 1.807) is 31.4 Å². The minimum Gasteiger partial charge on any atom is -0.496 e. The summed E-state index contributed by atoms with van der Waals surface area (Å²) in [5.74, 6) is 0.0786. The van der Waals surface area contributed by atoms with Gasteiger partial charge in [-0.3, -0.25) is 4.79 Å². The number of anilines is 1. The highest BCUT2D eigenvalue weighted by Crippen LogP contribution is 2.17. The molecule has 0 aliphatic rings. The zero-order valence-electron chi connectivity index (χ0n) is 13.7. The van der Waals surface area contributed by atoms with E-state index in [0.717, 1.165) is 11.3 Å². The normalized spacial score (nSPS) is 9.92. The van der Waals surface area contributed by atoms with E-state index in [2.05, 4.69) is 10.6 Å². The molecule has 6 nitrogen and oxygen atoms in total. The first-order valence-electron chi connectivity index (χ1n) is 7.45. The molecule has 0 aliphatic heterocycles. The molecule has 0 fully saturated rings. The first kappa shape index (κ1) is 17.3.